The fourth-order valence-corrected chi connectivity index (χ4v) is 3.85. The van der Waals surface area contributed by atoms with E-state index >= 15 is 0 Å². The topological polar surface area (TPSA) is 146 Å². The van der Waals surface area contributed by atoms with Crippen molar-refractivity contribution in [3.63, 3.8) is 0 Å². The van der Waals surface area contributed by atoms with Gasteiger partial charge in [0.1, 0.15) is 42.4 Å². The van der Waals surface area contributed by atoms with Gasteiger partial charge in [-0.15, -0.1) is 0 Å². The third-order valence-electron chi connectivity index (χ3n) is 3.74. The maximum absolute atomic E-state index is 12.9. The summed E-state index contributed by atoms with van der Waals surface area (Å²) in [5, 5.41) is 49.1. The zero-order valence-electron chi connectivity index (χ0n) is 13.6. The molecule has 1 aromatic rings. The molecular formula is C15H23O9P. The van der Waals surface area contributed by atoms with Gasteiger partial charge in [0, 0.05) is 0 Å². The Morgan fingerprint density at radius 2 is 1.44 bits per heavy atom. The van der Waals surface area contributed by atoms with Crippen molar-refractivity contribution >= 4 is 7.82 Å². The first-order valence-electron chi connectivity index (χ1n) is 7.87. The fourth-order valence-electron chi connectivity index (χ4n) is 2.36. The third-order valence-corrected chi connectivity index (χ3v) is 5.17. The molecule has 0 saturated heterocycles. The van der Waals surface area contributed by atoms with Crippen molar-refractivity contribution < 1.29 is 43.7 Å². The molecule has 2 rings (SSSR count). The van der Waals surface area contributed by atoms with E-state index in [1.807, 2.05) is 0 Å². The van der Waals surface area contributed by atoms with Crippen LogP contribution in [0.25, 0.3) is 0 Å². The Balaban J connectivity index is 2.21. The van der Waals surface area contributed by atoms with E-state index in [2.05, 4.69) is 0 Å². The van der Waals surface area contributed by atoms with E-state index in [1.165, 1.54) is 12.1 Å². The van der Waals surface area contributed by atoms with Crippen LogP contribution in [-0.4, -0.2) is 68.8 Å². The van der Waals surface area contributed by atoms with Crippen LogP contribution in [0.1, 0.15) is 13.3 Å². The number of aliphatic hydroxyl groups excluding tert-OH is 5. The van der Waals surface area contributed by atoms with Gasteiger partial charge < -0.3 is 30.1 Å². The molecule has 142 valence electrons. The summed E-state index contributed by atoms with van der Waals surface area (Å²) in [6, 6.07) is 7.99. The summed E-state index contributed by atoms with van der Waals surface area (Å²) in [7, 11) is -4.30. The second-order valence-corrected chi connectivity index (χ2v) is 7.25. The van der Waals surface area contributed by atoms with Crippen molar-refractivity contribution in [1.29, 1.82) is 0 Å². The highest BCUT2D eigenvalue weighted by Crippen LogP contribution is 2.52. The quantitative estimate of drug-likeness (QED) is 0.407. The van der Waals surface area contributed by atoms with Crippen LogP contribution in [0.4, 0.5) is 0 Å². The number of aliphatic hydroxyl groups is 5. The summed E-state index contributed by atoms with van der Waals surface area (Å²) in [5.74, 6) is 0.169. The minimum absolute atomic E-state index is 0.0107. The monoisotopic (exact) mass is 378 g/mol. The zero-order chi connectivity index (χ0) is 18.6. The Morgan fingerprint density at radius 3 is 1.96 bits per heavy atom. The van der Waals surface area contributed by atoms with E-state index in [4.69, 9.17) is 13.6 Å². The average Bonchev–Trinajstić information content (AvgIpc) is 2.61. The molecule has 0 aromatic heterocycles. The molecule has 0 aliphatic heterocycles. The Bertz CT molecular complexity index is 568. The SMILES string of the molecule is CCCOP(=O)(Oc1ccccc1)OC1[C@H](O)[C@H](O)C(O)[C@H](O)[C@H]1O. The van der Waals surface area contributed by atoms with Gasteiger partial charge in [-0.3, -0.25) is 9.05 Å². The number of rotatable bonds is 7. The Kier molecular flexibility index (Phi) is 6.95. The summed E-state index contributed by atoms with van der Waals surface area (Å²) < 4.78 is 28.5. The predicted octanol–water partition coefficient (Wildman–Crippen LogP) is -0.197. The minimum atomic E-state index is -4.30. The summed E-state index contributed by atoms with van der Waals surface area (Å²) >= 11 is 0. The lowest BCUT2D eigenvalue weighted by molar-refractivity contribution is -0.219. The predicted molar refractivity (Wildman–Crippen MR) is 85.8 cm³/mol. The fraction of sp³-hybridized carbons (Fsp3) is 0.600. The van der Waals surface area contributed by atoms with Gasteiger partial charge in [-0.25, -0.2) is 4.57 Å². The number of benzene rings is 1. The molecule has 25 heavy (non-hydrogen) atoms. The molecule has 1 aromatic carbocycles. The largest absolute Gasteiger partial charge is 0.530 e. The molecule has 10 heteroatoms. The van der Waals surface area contributed by atoms with E-state index in [1.54, 1.807) is 25.1 Å². The van der Waals surface area contributed by atoms with Crippen LogP contribution >= 0.6 is 7.82 Å². The smallest absolute Gasteiger partial charge is 0.404 e. The van der Waals surface area contributed by atoms with E-state index in [0.29, 0.717) is 6.42 Å². The van der Waals surface area contributed by atoms with Crippen LogP contribution in [0, 0.1) is 0 Å². The van der Waals surface area contributed by atoms with Gasteiger partial charge in [0.15, 0.2) is 0 Å². The Hall–Kier alpha value is -1.03. The molecule has 1 saturated carbocycles. The maximum atomic E-state index is 12.9. The van der Waals surface area contributed by atoms with Gasteiger partial charge >= 0.3 is 7.82 Å². The Labute approximate surface area is 145 Å². The van der Waals surface area contributed by atoms with Crippen LogP contribution in [0.2, 0.25) is 0 Å². The lowest BCUT2D eigenvalue weighted by atomic mass is 9.85. The van der Waals surface area contributed by atoms with Crippen LogP contribution < -0.4 is 4.52 Å². The first-order valence-corrected chi connectivity index (χ1v) is 9.33. The van der Waals surface area contributed by atoms with Gasteiger partial charge in [-0.05, 0) is 18.6 Å². The first-order chi connectivity index (χ1) is 11.8. The average molecular weight is 378 g/mol. The second kappa shape index (κ2) is 8.57. The van der Waals surface area contributed by atoms with Crippen molar-refractivity contribution in [2.75, 3.05) is 6.61 Å². The van der Waals surface area contributed by atoms with E-state index in [-0.39, 0.29) is 12.4 Å². The van der Waals surface area contributed by atoms with Crippen LogP contribution in [0.15, 0.2) is 30.3 Å². The van der Waals surface area contributed by atoms with E-state index in [9.17, 15) is 30.1 Å². The van der Waals surface area contributed by atoms with E-state index in [0.717, 1.165) is 0 Å². The zero-order valence-corrected chi connectivity index (χ0v) is 14.5. The number of hydrogen-bond acceptors (Lipinski definition) is 9. The van der Waals surface area contributed by atoms with Gasteiger partial charge in [-0.2, -0.15) is 0 Å². The summed E-state index contributed by atoms with van der Waals surface area (Å²) in [5.41, 5.74) is 0. The normalized spacial score (nSPS) is 35.1. The van der Waals surface area contributed by atoms with Crippen LogP contribution in [0.3, 0.4) is 0 Å². The highest BCUT2D eigenvalue weighted by molar-refractivity contribution is 7.49. The lowest BCUT2D eigenvalue weighted by Crippen LogP contribution is -2.64. The summed E-state index contributed by atoms with van der Waals surface area (Å²) in [6.45, 7) is 1.78. The highest BCUT2D eigenvalue weighted by atomic mass is 31.2. The molecule has 0 bridgehead atoms. The molecule has 1 aliphatic carbocycles. The molecule has 3 unspecified atom stereocenters. The molecule has 0 amide bonds. The molecule has 5 N–H and O–H groups in total. The molecule has 9 nitrogen and oxygen atoms in total. The molecule has 0 radical (unpaired) electrons. The number of hydrogen-bond donors (Lipinski definition) is 5. The number of phosphoric acid groups is 1. The van der Waals surface area contributed by atoms with Crippen molar-refractivity contribution in [3.05, 3.63) is 30.3 Å². The molecular weight excluding hydrogens is 355 g/mol. The maximum Gasteiger partial charge on any atom is 0.530 e. The second-order valence-electron chi connectivity index (χ2n) is 5.71. The third kappa shape index (κ3) is 4.78. The van der Waals surface area contributed by atoms with Crippen molar-refractivity contribution in [1.82, 2.24) is 0 Å². The number of para-hydroxylation sites is 1. The van der Waals surface area contributed by atoms with Gasteiger partial charge in [-0.1, -0.05) is 25.1 Å². The van der Waals surface area contributed by atoms with Gasteiger partial charge in [0.25, 0.3) is 0 Å². The van der Waals surface area contributed by atoms with Gasteiger partial charge in [0.05, 0.1) is 6.61 Å². The molecule has 0 heterocycles. The summed E-state index contributed by atoms with van der Waals surface area (Å²) in [6.07, 6.45) is -10.2. The van der Waals surface area contributed by atoms with Crippen LogP contribution in [-0.2, 0) is 13.6 Å². The highest BCUT2D eigenvalue weighted by Gasteiger charge is 2.52. The summed E-state index contributed by atoms with van der Waals surface area (Å²) in [4.78, 5) is 0. The lowest BCUT2D eigenvalue weighted by Gasteiger charge is -2.41. The van der Waals surface area contributed by atoms with E-state index < -0.39 is 44.4 Å². The Morgan fingerprint density at radius 1 is 0.920 bits per heavy atom. The molecule has 1 aliphatic rings. The molecule has 7 atom stereocenters. The van der Waals surface area contributed by atoms with Crippen molar-refractivity contribution in [2.24, 2.45) is 0 Å². The first kappa shape index (κ1) is 20.3. The van der Waals surface area contributed by atoms with Crippen LogP contribution in [0.5, 0.6) is 5.75 Å². The number of phosphoric ester groups is 1. The standard InChI is InChI=1S/C15H23O9P/c1-2-8-22-25(21,23-9-6-4-3-5-7-9)24-15-13(19)11(17)10(16)12(18)14(15)20/h3-7,10-20H,2,8H2,1H3/t10?,11-,12+,13-,14-,15?,25?/m1/s1. The molecule has 1 fully saturated rings. The molecule has 0 spiro atoms. The minimum Gasteiger partial charge on any atom is -0.404 e. The van der Waals surface area contributed by atoms with Gasteiger partial charge in [0.2, 0.25) is 0 Å². The van der Waals surface area contributed by atoms with Crippen molar-refractivity contribution in [2.45, 2.75) is 50.0 Å². The van der Waals surface area contributed by atoms with Crippen molar-refractivity contribution in [3.8, 4) is 5.75 Å².